The van der Waals surface area contributed by atoms with Crippen LogP contribution in [0.2, 0.25) is 0 Å². The van der Waals surface area contributed by atoms with Gasteiger partial charge in [-0.2, -0.15) is 16.8 Å². The minimum absolute atomic E-state index is 0. The molecule has 0 amide bonds. The van der Waals surface area contributed by atoms with E-state index in [0.717, 1.165) is 36.4 Å². The van der Waals surface area contributed by atoms with Crippen LogP contribution in [0.3, 0.4) is 0 Å². The van der Waals surface area contributed by atoms with Crippen LogP contribution < -0.4 is 0 Å². The summed E-state index contributed by atoms with van der Waals surface area (Å²) in [6.07, 6.45) is 0. The third-order valence-corrected chi connectivity index (χ3v) is 5.34. The molecule has 0 saturated heterocycles. The van der Waals surface area contributed by atoms with Gasteiger partial charge in [-0.05, 0) is 12.1 Å². The molecule has 0 spiro atoms. The standard InChI is InChI=1S/C14H8O8S2.Na.H/c15-13-7-3-1-5-9(23(17,18)19)11(7)14(16)8-4-2-6-10(12(8)13)24(20,21)22;;/h1-6H,(H,17,18,19)(H,20,21,22);;. The van der Waals surface area contributed by atoms with Gasteiger partial charge >= 0.3 is 29.6 Å². The molecule has 0 heterocycles. The molecule has 0 radical (unpaired) electrons. The second kappa shape index (κ2) is 6.40. The minimum atomic E-state index is -4.78. The molecular formula is C14H9NaO8S2. The van der Waals surface area contributed by atoms with Crippen LogP contribution in [0.4, 0.5) is 0 Å². The Hall–Kier alpha value is -1.40. The van der Waals surface area contributed by atoms with Gasteiger partial charge in [-0.3, -0.25) is 18.7 Å². The van der Waals surface area contributed by atoms with Crippen LogP contribution in [-0.4, -0.2) is 67.1 Å². The van der Waals surface area contributed by atoms with Gasteiger partial charge in [0.05, 0.1) is 11.1 Å². The molecule has 2 N–H and O–H groups in total. The van der Waals surface area contributed by atoms with Crippen LogP contribution in [0.1, 0.15) is 31.8 Å². The van der Waals surface area contributed by atoms with Crippen molar-refractivity contribution in [1.29, 1.82) is 0 Å². The molecule has 8 nitrogen and oxygen atoms in total. The van der Waals surface area contributed by atoms with Crippen LogP contribution in [0.15, 0.2) is 46.2 Å². The third kappa shape index (κ3) is 3.22. The number of carbonyl (C=O) groups excluding carboxylic acids is 2. The molecule has 1 aliphatic carbocycles. The Labute approximate surface area is 164 Å². The molecule has 2 aromatic rings. The molecule has 11 heteroatoms. The second-order valence-corrected chi connectivity index (χ2v) is 7.75. The molecule has 0 aromatic heterocycles. The van der Waals surface area contributed by atoms with Crippen LogP contribution in [0.25, 0.3) is 0 Å². The van der Waals surface area contributed by atoms with Crippen LogP contribution in [-0.2, 0) is 20.2 Å². The maximum atomic E-state index is 12.6. The van der Waals surface area contributed by atoms with Gasteiger partial charge in [-0.25, -0.2) is 0 Å². The average molecular weight is 392 g/mol. The van der Waals surface area contributed by atoms with Crippen molar-refractivity contribution in [3.05, 3.63) is 58.7 Å². The summed E-state index contributed by atoms with van der Waals surface area (Å²) < 4.78 is 64.3. The first-order valence-electron chi connectivity index (χ1n) is 6.34. The van der Waals surface area contributed by atoms with Crippen molar-refractivity contribution in [3.8, 4) is 0 Å². The summed E-state index contributed by atoms with van der Waals surface area (Å²) in [5, 5.41) is 0. The van der Waals surface area contributed by atoms with E-state index in [2.05, 4.69) is 0 Å². The van der Waals surface area contributed by atoms with E-state index in [9.17, 15) is 35.5 Å². The van der Waals surface area contributed by atoms with Gasteiger partial charge in [0.15, 0.2) is 11.6 Å². The van der Waals surface area contributed by atoms with E-state index in [0.29, 0.717) is 0 Å². The van der Waals surface area contributed by atoms with Crippen LogP contribution in [0, 0.1) is 0 Å². The summed E-state index contributed by atoms with van der Waals surface area (Å²) in [6, 6.07) is 6.44. The maximum absolute atomic E-state index is 12.6. The number of hydrogen-bond acceptors (Lipinski definition) is 6. The van der Waals surface area contributed by atoms with E-state index in [1.165, 1.54) is 0 Å². The van der Waals surface area contributed by atoms with Crippen molar-refractivity contribution in [1.82, 2.24) is 0 Å². The number of fused-ring (bicyclic) bond motifs is 2. The molecule has 0 unspecified atom stereocenters. The third-order valence-electron chi connectivity index (χ3n) is 3.55. The fourth-order valence-corrected chi connectivity index (χ4v) is 4.03. The van der Waals surface area contributed by atoms with Gasteiger partial charge < -0.3 is 0 Å². The average Bonchev–Trinajstić information content (AvgIpc) is 2.49. The Bertz CT molecular complexity index is 1040. The molecular weight excluding hydrogens is 383 g/mol. The van der Waals surface area contributed by atoms with Crippen LogP contribution in [0.5, 0.6) is 0 Å². The fourth-order valence-electron chi connectivity index (χ4n) is 2.61. The second-order valence-electron chi connectivity index (χ2n) is 4.97. The van der Waals surface area contributed by atoms with Gasteiger partial charge in [0.2, 0.25) is 0 Å². The van der Waals surface area contributed by atoms with Crippen LogP contribution >= 0.6 is 0 Å². The first-order chi connectivity index (χ1) is 11.0. The van der Waals surface area contributed by atoms with Crippen molar-refractivity contribution in [2.24, 2.45) is 0 Å². The Morgan fingerprint density at radius 2 is 0.960 bits per heavy atom. The first kappa shape index (κ1) is 19.9. The van der Waals surface area contributed by atoms with Crippen molar-refractivity contribution < 1.29 is 35.5 Å². The molecule has 3 rings (SSSR count). The number of ketones is 2. The Morgan fingerprint density at radius 3 is 1.24 bits per heavy atom. The summed E-state index contributed by atoms with van der Waals surface area (Å²) in [7, 11) is -9.56. The normalized spacial score (nSPS) is 13.7. The van der Waals surface area contributed by atoms with Gasteiger partial charge in [0, 0.05) is 11.1 Å². The zero-order valence-corrected chi connectivity index (χ0v) is 13.3. The Morgan fingerprint density at radius 1 is 0.640 bits per heavy atom. The Balaban J connectivity index is 0.00000225. The predicted molar refractivity (Wildman–Crippen MR) is 86.5 cm³/mol. The van der Waals surface area contributed by atoms with E-state index >= 15 is 0 Å². The van der Waals surface area contributed by atoms with E-state index in [1.54, 1.807) is 0 Å². The van der Waals surface area contributed by atoms with E-state index in [4.69, 9.17) is 0 Å². The zero-order chi connectivity index (χ0) is 17.9. The number of hydrogen-bond donors (Lipinski definition) is 2. The summed E-state index contributed by atoms with van der Waals surface area (Å²) in [5.41, 5.74) is -1.83. The van der Waals surface area contributed by atoms with Crippen molar-refractivity contribution in [2.75, 3.05) is 0 Å². The molecule has 0 fully saturated rings. The van der Waals surface area contributed by atoms with E-state index in [-0.39, 0.29) is 40.7 Å². The molecule has 1 aliphatic rings. The molecule has 0 atom stereocenters. The molecule has 126 valence electrons. The summed E-state index contributed by atoms with van der Waals surface area (Å²) in [4.78, 5) is 23.7. The molecule has 2 aromatic carbocycles. The van der Waals surface area contributed by atoms with E-state index < -0.39 is 52.7 Å². The molecule has 25 heavy (non-hydrogen) atoms. The van der Waals surface area contributed by atoms with Crippen molar-refractivity contribution >= 4 is 61.4 Å². The summed E-state index contributed by atoms with van der Waals surface area (Å²) in [5.74, 6) is -1.89. The van der Waals surface area contributed by atoms with Gasteiger partial charge in [-0.15, -0.1) is 0 Å². The monoisotopic (exact) mass is 392 g/mol. The molecule has 0 saturated carbocycles. The SMILES string of the molecule is O=C1c2cccc(S(=O)(=O)O)c2C(=O)c2cccc(S(=O)(=O)O)c21.[NaH]. The van der Waals surface area contributed by atoms with E-state index in [1.807, 2.05) is 0 Å². The van der Waals surface area contributed by atoms with Gasteiger partial charge in [0.25, 0.3) is 20.2 Å². The fraction of sp³-hybridized carbons (Fsp3) is 0. The topological polar surface area (TPSA) is 143 Å². The summed E-state index contributed by atoms with van der Waals surface area (Å²) >= 11 is 0. The summed E-state index contributed by atoms with van der Waals surface area (Å²) in [6.45, 7) is 0. The zero-order valence-electron chi connectivity index (χ0n) is 11.6. The van der Waals surface area contributed by atoms with Crippen molar-refractivity contribution in [3.63, 3.8) is 0 Å². The molecule has 0 bridgehead atoms. The number of rotatable bonds is 2. The number of benzene rings is 2. The predicted octanol–water partition coefficient (Wildman–Crippen LogP) is 0.307. The van der Waals surface area contributed by atoms with Crippen molar-refractivity contribution in [2.45, 2.75) is 9.79 Å². The Kier molecular flexibility index (Phi) is 5.10. The first-order valence-corrected chi connectivity index (χ1v) is 9.22. The number of carbonyl (C=O) groups is 2. The van der Waals surface area contributed by atoms with Gasteiger partial charge in [0.1, 0.15) is 9.79 Å². The van der Waals surface area contributed by atoms with Gasteiger partial charge in [-0.1, -0.05) is 24.3 Å². The quantitative estimate of drug-likeness (QED) is 0.468. The molecule has 0 aliphatic heterocycles.